The minimum atomic E-state index is -0.533. The van der Waals surface area contributed by atoms with Gasteiger partial charge in [-0.15, -0.1) is 0 Å². The van der Waals surface area contributed by atoms with E-state index in [0.29, 0.717) is 37.4 Å². The van der Waals surface area contributed by atoms with Crippen LogP contribution in [0.1, 0.15) is 6.42 Å². The molecule has 1 aliphatic rings. The average Bonchev–Trinajstić information content (AvgIpc) is 3.13. The number of urea groups is 1. The molecule has 32 heavy (non-hydrogen) atoms. The second-order valence-electron chi connectivity index (χ2n) is 7.72. The van der Waals surface area contributed by atoms with Crippen molar-refractivity contribution in [3.05, 3.63) is 71.4 Å². The summed E-state index contributed by atoms with van der Waals surface area (Å²) in [6, 6.07) is 12.3. The zero-order chi connectivity index (χ0) is 22.2. The third kappa shape index (κ3) is 3.82. The number of halogens is 3. The second kappa shape index (κ2) is 8.27. The molecule has 4 aromatic rings. The lowest BCUT2D eigenvalue weighted by atomic mass is 10.2. The quantitative estimate of drug-likeness (QED) is 0.454. The molecule has 0 aliphatic carbocycles. The molecule has 1 aliphatic heterocycles. The number of carbonyl (C=O) groups is 1. The van der Waals surface area contributed by atoms with Crippen molar-refractivity contribution < 1.29 is 13.6 Å². The number of anilines is 2. The predicted octanol–water partition coefficient (Wildman–Crippen LogP) is 5.16. The number of fused-ring (bicyclic) bond motifs is 3. The lowest BCUT2D eigenvalue weighted by Gasteiger charge is -2.24. The van der Waals surface area contributed by atoms with Gasteiger partial charge >= 0.3 is 6.03 Å². The van der Waals surface area contributed by atoms with Crippen molar-refractivity contribution >= 4 is 45.7 Å². The van der Waals surface area contributed by atoms with Crippen molar-refractivity contribution in [1.82, 2.24) is 14.3 Å². The van der Waals surface area contributed by atoms with Crippen LogP contribution in [-0.2, 0) is 0 Å². The van der Waals surface area contributed by atoms with Crippen LogP contribution in [0, 0.1) is 11.6 Å². The zero-order valence-corrected chi connectivity index (χ0v) is 17.8. The van der Waals surface area contributed by atoms with Crippen molar-refractivity contribution in [2.24, 2.45) is 0 Å². The number of carbonyl (C=O) groups excluding carboxylic acids is 1. The summed E-state index contributed by atoms with van der Waals surface area (Å²) >= 11 is 5.81. The zero-order valence-electron chi connectivity index (χ0n) is 17.1. The van der Waals surface area contributed by atoms with E-state index in [1.165, 1.54) is 30.3 Å². The second-order valence-corrected chi connectivity index (χ2v) is 8.13. The molecule has 6 nitrogen and oxygen atoms in total. The molecule has 5 rings (SSSR count). The molecule has 0 unspecified atom stereocenters. The van der Waals surface area contributed by atoms with Gasteiger partial charge in [0.2, 0.25) is 0 Å². The summed E-state index contributed by atoms with van der Waals surface area (Å²) in [6.45, 7) is 2.33. The Morgan fingerprint density at radius 1 is 1.00 bits per heavy atom. The third-order valence-corrected chi connectivity index (χ3v) is 5.94. The summed E-state index contributed by atoms with van der Waals surface area (Å²) in [7, 11) is 0. The fourth-order valence-electron chi connectivity index (χ4n) is 4.08. The maximum absolute atomic E-state index is 13.8. The molecule has 0 spiro atoms. The van der Waals surface area contributed by atoms with E-state index in [2.05, 4.69) is 10.2 Å². The van der Waals surface area contributed by atoms with Crippen molar-refractivity contribution in [1.29, 1.82) is 0 Å². The van der Waals surface area contributed by atoms with E-state index in [9.17, 15) is 13.6 Å². The Balaban J connectivity index is 1.37. The van der Waals surface area contributed by atoms with E-state index in [1.807, 2.05) is 22.7 Å². The molecule has 0 radical (unpaired) electrons. The highest BCUT2D eigenvalue weighted by atomic mass is 35.5. The van der Waals surface area contributed by atoms with Gasteiger partial charge in [-0.25, -0.2) is 18.6 Å². The molecule has 9 heteroatoms. The molecule has 0 bridgehead atoms. The number of hydrogen-bond donors (Lipinski definition) is 1. The predicted molar refractivity (Wildman–Crippen MR) is 121 cm³/mol. The Morgan fingerprint density at radius 3 is 2.72 bits per heavy atom. The summed E-state index contributed by atoms with van der Waals surface area (Å²) in [5, 5.41) is 2.73. The van der Waals surface area contributed by atoms with Crippen LogP contribution in [0.3, 0.4) is 0 Å². The van der Waals surface area contributed by atoms with Crippen LogP contribution in [0.2, 0.25) is 5.02 Å². The van der Waals surface area contributed by atoms with Crippen LogP contribution in [0.15, 0.2) is 54.7 Å². The lowest BCUT2D eigenvalue weighted by Crippen LogP contribution is -2.38. The van der Waals surface area contributed by atoms with E-state index in [-0.39, 0.29) is 16.9 Å². The molecule has 1 N–H and O–H groups in total. The largest absolute Gasteiger partial charge is 0.353 e. The Bertz CT molecular complexity index is 1320. The summed E-state index contributed by atoms with van der Waals surface area (Å²) in [6.07, 6.45) is 2.68. The van der Waals surface area contributed by atoms with Gasteiger partial charge in [0.05, 0.1) is 21.6 Å². The van der Waals surface area contributed by atoms with Gasteiger partial charge in [-0.2, -0.15) is 0 Å². The highest BCUT2D eigenvalue weighted by molar-refractivity contribution is 6.31. The standard InChI is InChI=1S/C23H20ClF2N5O/c24-17-14-16(5-6-18(17)26)27-23(32)30-9-2-8-29(11-12-30)22-21-3-1-10-31(21)20-7-4-15(25)13-19(20)28-22/h1,3-7,10,13-14H,2,8-9,11-12H2,(H,27,32). The molecule has 0 atom stereocenters. The van der Waals surface area contributed by atoms with E-state index in [4.69, 9.17) is 16.6 Å². The Hall–Kier alpha value is -3.39. The molecule has 3 heterocycles. The summed E-state index contributed by atoms with van der Waals surface area (Å²) in [5.74, 6) is -0.0997. The van der Waals surface area contributed by atoms with Crippen LogP contribution in [-0.4, -0.2) is 46.5 Å². The third-order valence-electron chi connectivity index (χ3n) is 5.65. The highest BCUT2D eigenvalue weighted by Crippen LogP contribution is 2.27. The number of benzene rings is 2. The van der Waals surface area contributed by atoms with Gasteiger partial charge in [-0.05, 0) is 48.9 Å². The minimum absolute atomic E-state index is 0.0418. The maximum atomic E-state index is 13.8. The van der Waals surface area contributed by atoms with E-state index >= 15 is 0 Å². The van der Waals surface area contributed by atoms with Gasteiger partial charge in [0.25, 0.3) is 0 Å². The average molecular weight is 456 g/mol. The van der Waals surface area contributed by atoms with E-state index in [1.54, 1.807) is 11.0 Å². The lowest BCUT2D eigenvalue weighted by molar-refractivity contribution is 0.215. The first kappa shape index (κ1) is 20.5. The van der Waals surface area contributed by atoms with Gasteiger partial charge in [0, 0.05) is 44.1 Å². The van der Waals surface area contributed by atoms with Gasteiger partial charge in [-0.1, -0.05) is 11.6 Å². The molecule has 1 saturated heterocycles. The molecule has 164 valence electrons. The monoisotopic (exact) mass is 455 g/mol. The fourth-order valence-corrected chi connectivity index (χ4v) is 4.26. The Kier molecular flexibility index (Phi) is 5.30. The number of aromatic nitrogens is 2. The number of amides is 2. The maximum Gasteiger partial charge on any atom is 0.321 e. The van der Waals surface area contributed by atoms with Crippen LogP contribution in [0.5, 0.6) is 0 Å². The molecular weight excluding hydrogens is 436 g/mol. The van der Waals surface area contributed by atoms with E-state index in [0.717, 1.165) is 23.3 Å². The van der Waals surface area contributed by atoms with Crippen LogP contribution >= 0.6 is 11.6 Å². The topological polar surface area (TPSA) is 52.9 Å². The molecule has 1 fully saturated rings. The van der Waals surface area contributed by atoms with Crippen LogP contribution < -0.4 is 10.2 Å². The van der Waals surface area contributed by atoms with Crippen molar-refractivity contribution in [3.8, 4) is 0 Å². The van der Waals surface area contributed by atoms with Gasteiger partial charge in [0.15, 0.2) is 5.82 Å². The number of nitrogens with zero attached hydrogens (tertiary/aromatic N) is 4. The minimum Gasteiger partial charge on any atom is -0.353 e. The van der Waals surface area contributed by atoms with E-state index < -0.39 is 5.82 Å². The number of rotatable bonds is 2. The van der Waals surface area contributed by atoms with Crippen LogP contribution in [0.4, 0.5) is 25.1 Å². The van der Waals surface area contributed by atoms with Crippen molar-refractivity contribution in [3.63, 3.8) is 0 Å². The van der Waals surface area contributed by atoms with Crippen molar-refractivity contribution in [2.75, 3.05) is 36.4 Å². The normalized spacial score (nSPS) is 14.7. The first-order chi connectivity index (χ1) is 15.5. The van der Waals surface area contributed by atoms with Gasteiger partial charge in [-0.3, -0.25) is 0 Å². The van der Waals surface area contributed by atoms with Gasteiger partial charge < -0.3 is 19.5 Å². The molecule has 0 saturated carbocycles. The Labute approximate surface area is 188 Å². The molecule has 2 aromatic carbocycles. The Morgan fingerprint density at radius 2 is 1.88 bits per heavy atom. The molecule has 2 aromatic heterocycles. The SMILES string of the molecule is O=C(Nc1ccc(F)c(Cl)c1)N1CCCN(c2nc3cc(F)ccc3n3cccc23)CC1. The van der Waals surface area contributed by atoms with Crippen LogP contribution in [0.25, 0.3) is 16.6 Å². The summed E-state index contributed by atoms with van der Waals surface area (Å²) in [5.41, 5.74) is 2.79. The molecule has 2 amide bonds. The van der Waals surface area contributed by atoms with Gasteiger partial charge in [0.1, 0.15) is 11.6 Å². The first-order valence-electron chi connectivity index (χ1n) is 10.3. The highest BCUT2D eigenvalue weighted by Gasteiger charge is 2.22. The number of hydrogen-bond acceptors (Lipinski definition) is 3. The first-order valence-corrected chi connectivity index (χ1v) is 10.7. The smallest absolute Gasteiger partial charge is 0.321 e. The molecular formula is C23H20ClF2N5O. The summed E-state index contributed by atoms with van der Waals surface area (Å²) < 4.78 is 29.2. The fraction of sp³-hybridized carbons (Fsp3) is 0.217. The summed E-state index contributed by atoms with van der Waals surface area (Å²) in [4.78, 5) is 21.3. The van der Waals surface area contributed by atoms with Crippen molar-refractivity contribution in [2.45, 2.75) is 6.42 Å². The number of nitrogens with one attached hydrogen (secondary N) is 1.